The van der Waals surface area contributed by atoms with E-state index >= 15 is 0 Å². The molecule has 3 rings (SSSR count). The molecule has 0 fully saturated rings. The summed E-state index contributed by atoms with van der Waals surface area (Å²) in [6.07, 6.45) is -4.33. The summed E-state index contributed by atoms with van der Waals surface area (Å²) >= 11 is 0. The van der Waals surface area contributed by atoms with Gasteiger partial charge in [-0.25, -0.2) is 0 Å². The summed E-state index contributed by atoms with van der Waals surface area (Å²) in [5, 5.41) is 17.1. The minimum Gasteiger partial charge on any atom is -0.388 e. The first-order valence-corrected chi connectivity index (χ1v) is 7.64. The van der Waals surface area contributed by atoms with Crippen molar-refractivity contribution >= 4 is 0 Å². The number of halogens is 3. The van der Waals surface area contributed by atoms with E-state index in [-0.39, 0.29) is 6.61 Å². The molecule has 0 amide bonds. The highest BCUT2D eigenvalue weighted by atomic mass is 19.4. The molecule has 0 bridgehead atoms. The van der Waals surface area contributed by atoms with E-state index in [2.05, 4.69) is 10.2 Å². The summed E-state index contributed by atoms with van der Waals surface area (Å²) in [5.41, 5.74) is 1.87. The van der Waals surface area contributed by atoms with E-state index in [1.165, 1.54) is 12.1 Å². The number of nitrogens with zero attached hydrogens (tertiary/aromatic N) is 3. The molecule has 0 aliphatic rings. The van der Waals surface area contributed by atoms with Gasteiger partial charge in [0.15, 0.2) is 5.82 Å². The lowest BCUT2D eigenvalue weighted by atomic mass is 10.0. The van der Waals surface area contributed by atoms with Gasteiger partial charge in [0.05, 0.1) is 12.1 Å². The van der Waals surface area contributed by atoms with Crippen molar-refractivity contribution in [3.63, 3.8) is 0 Å². The zero-order valence-electron chi connectivity index (χ0n) is 13.5. The first kappa shape index (κ1) is 17.2. The third-order valence-corrected chi connectivity index (χ3v) is 3.99. The van der Waals surface area contributed by atoms with Gasteiger partial charge in [0.25, 0.3) is 0 Å². The van der Waals surface area contributed by atoms with Crippen molar-refractivity contribution in [3.05, 3.63) is 71.3 Å². The third-order valence-electron chi connectivity index (χ3n) is 3.99. The average Bonchev–Trinajstić information content (AvgIpc) is 2.95. The number of aliphatic hydroxyl groups is 1. The monoisotopic (exact) mass is 347 g/mol. The van der Waals surface area contributed by atoms with E-state index < -0.39 is 11.7 Å². The lowest BCUT2D eigenvalue weighted by molar-refractivity contribution is -0.137. The molecular weight excluding hydrogens is 331 g/mol. The Hall–Kier alpha value is -2.67. The Morgan fingerprint density at radius 3 is 2.00 bits per heavy atom. The Bertz CT molecular complexity index is 853. The lowest BCUT2D eigenvalue weighted by Crippen LogP contribution is -2.07. The molecule has 7 heteroatoms. The minimum absolute atomic E-state index is 0.190. The van der Waals surface area contributed by atoms with Gasteiger partial charge in [-0.2, -0.15) is 13.2 Å². The minimum atomic E-state index is -4.33. The molecule has 1 heterocycles. The highest BCUT2D eigenvalue weighted by molar-refractivity contribution is 5.64. The number of benzene rings is 2. The van der Waals surface area contributed by atoms with Crippen molar-refractivity contribution < 1.29 is 18.3 Å². The molecule has 0 aliphatic heterocycles. The van der Waals surface area contributed by atoms with E-state index in [0.717, 1.165) is 28.8 Å². The second-order valence-corrected chi connectivity index (χ2v) is 5.68. The smallest absolute Gasteiger partial charge is 0.388 e. The Labute approximate surface area is 142 Å². The van der Waals surface area contributed by atoms with Crippen LogP contribution >= 0.6 is 0 Å². The van der Waals surface area contributed by atoms with Crippen LogP contribution in [0.3, 0.4) is 0 Å². The van der Waals surface area contributed by atoms with Gasteiger partial charge in [-0.3, -0.25) is 0 Å². The largest absolute Gasteiger partial charge is 0.416 e. The van der Waals surface area contributed by atoms with Crippen molar-refractivity contribution in [2.75, 3.05) is 0 Å². The summed E-state index contributed by atoms with van der Waals surface area (Å²) in [7, 11) is 0. The van der Waals surface area contributed by atoms with Gasteiger partial charge in [0.1, 0.15) is 12.4 Å². The Kier molecular flexibility index (Phi) is 4.59. The van der Waals surface area contributed by atoms with Crippen molar-refractivity contribution in [1.82, 2.24) is 14.8 Å². The molecule has 0 saturated carbocycles. The second-order valence-electron chi connectivity index (χ2n) is 5.68. The van der Waals surface area contributed by atoms with Crippen LogP contribution in [0, 0.1) is 6.92 Å². The van der Waals surface area contributed by atoms with Crippen LogP contribution in [0.15, 0.2) is 48.5 Å². The zero-order chi connectivity index (χ0) is 18.0. The van der Waals surface area contributed by atoms with Gasteiger partial charge in [0, 0.05) is 0 Å². The predicted molar refractivity (Wildman–Crippen MR) is 86.7 cm³/mol. The molecule has 0 aliphatic carbocycles. The highest BCUT2D eigenvalue weighted by Gasteiger charge is 2.29. The molecule has 0 atom stereocenters. The molecule has 4 nitrogen and oxygen atoms in total. The highest BCUT2D eigenvalue weighted by Crippen LogP contribution is 2.31. The predicted octanol–water partition coefficient (Wildman–Crippen LogP) is 3.81. The fraction of sp³-hybridized carbons (Fsp3) is 0.222. The Morgan fingerprint density at radius 2 is 1.48 bits per heavy atom. The standard InChI is InChI=1S/C18H16F3N3O/c1-12-22-23-17(11-25)24(12)10-13-2-4-14(5-3-13)15-6-8-16(9-7-15)18(19,20)21/h2-9,25H,10-11H2,1H3. The fourth-order valence-corrected chi connectivity index (χ4v) is 2.58. The number of aryl methyl sites for hydroxylation is 1. The van der Waals surface area contributed by atoms with Gasteiger partial charge in [-0.1, -0.05) is 36.4 Å². The SMILES string of the molecule is Cc1nnc(CO)n1Cc1ccc(-c2ccc(C(F)(F)F)cc2)cc1. The zero-order valence-corrected chi connectivity index (χ0v) is 13.5. The Balaban J connectivity index is 1.79. The molecule has 0 radical (unpaired) electrons. The van der Waals surface area contributed by atoms with Crippen LogP contribution in [-0.4, -0.2) is 19.9 Å². The summed E-state index contributed by atoms with van der Waals surface area (Å²) in [6.45, 7) is 2.13. The van der Waals surface area contributed by atoms with E-state index in [4.69, 9.17) is 0 Å². The van der Waals surface area contributed by atoms with E-state index in [1.54, 1.807) is 0 Å². The third kappa shape index (κ3) is 3.71. The number of alkyl halides is 3. The molecule has 1 aromatic heterocycles. The van der Waals surface area contributed by atoms with Crippen LogP contribution in [-0.2, 0) is 19.3 Å². The fourth-order valence-electron chi connectivity index (χ4n) is 2.58. The summed E-state index contributed by atoms with van der Waals surface area (Å²) in [4.78, 5) is 0. The van der Waals surface area contributed by atoms with E-state index in [1.807, 2.05) is 35.8 Å². The number of aliphatic hydroxyl groups excluding tert-OH is 1. The lowest BCUT2D eigenvalue weighted by Gasteiger charge is -2.10. The van der Waals surface area contributed by atoms with Gasteiger partial charge in [-0.15, -0.1) is 10.2 Å². The number of hydrogen-bond acceptors (Lipinski definition) is 3. The van der Waals surface area contributed by atoms with Crippen LogP contribution in [0.4, 0.5) is 13.2 Å². The van der Waals surface area contributed by atoms with Gasteiger partial charge in [-0.05, 0) is 35.7 Å². The summed E-state index contributed by atoms with van der Waals surface area (Å²) < 4.78 is 39.7. The van der Waals surface area contributed by atoms with Crippen LogP contribution in [0.2, 0.25) is 0 Å². The molecule has 25 heavy (non-hydrogen) atoms. The molecule has 3 aromatic rings. The van der Waals surface area contributed by atoms with Crippen molar-refractivity contribution in [1.29, 1.82) is 0 Å². The quantitative estimate of drug-likeness (QED) is 0.781. The van der Waals surface area contributed by atoms with Crippen LogP contribution in [0.25, 0.3) is 11.1 Å². The van der Waals surface area contributed by atoms with E-state index in [9.17, 15) is 18.3 Å². The first-order chi connectivity index (χ1) is 11.9. The summed E-state index contributed by atoms with van der Waals surface area (Å²) in [5.74, 6) is 1.19. The normalized spacial score (nSPS) is 11.7. The van der Waals surface area contributed by atoms with Crippen LogP contribution < -0.4 is 0 Å². The molecular formula is C18H16F3N3O. The van der Waals surface area contributed by atoms with Gasteiger partial charge in [0.2, 0.25) is 0 Å². The molecule has 0 unspecified atom stereocenters. The summed E-state index contributed by atoms with van der Waals surface area (Å²) in [6, 6.07) is 12.6. The molecule has 0 saturated heterocycles. The van der Waals surface area contributed by atoms with Crippen molar-refractivity contribution in [2.45, 2.75) is 26.3 Å². The Morgan fingerprint density at radius 1 is 0.920 bits per heavy atom. The van der Waals surface area contributed by atoms with Crippen molar-refractivity contribution in [3.8, 4) is 11.1 Å². The van der Waals surface area contributed by atoms with E-state index in [0.29, 0.717) is 18.2 Å². The molecule has 2 aromatic carbocycles. The molecule has 1 N–H and O–H groups in total. The maximum Gasteiger partial charge on any atom is 0.416 e. The second kappa shape index (κ2) is 6.68. The maximum absolute atomic E-state index is 12.6. The van der Waals surface area contributed by atoms with Gasteiger partial charge < -0.3 is 9.67 Å². The topological polar surface area (TPSA) is 50.9 Å². The number of hydrogen-bond donors (Lipinski definition) is 1. The number of aromatic nitrogens is 3. The van der Waals surface area contributed by atoms with Crippen LogP contribution in [0.1, 0.15) is 22.8 Å². The van der Waals surface area contributed by atoms with Gasteiger partial charge >= 0.3 is 6.18 Å². The number of rotatable bonds is 4. The average molecular weight is 347 g/mol. The van der Waals surface area contributed by atoms with Crippen molar-refractivity contribution in [2.24, 2.45) is 0 Å². The molecule has 0 spiro atoms. The van der Waals surface area contributed by atoms with Crippen LogP contribution in [0.5, 0.6) is 0 Å². The first-order valence-electron chi connectivity index (χ1n) is 7.64. The maximum atomic E-state index is 12.6. The molecule has 130 valence electrons.